The molecule has 0 aliphatic carbocycles. The molecule has 1 atom stereocenters. The topological polar surface area (TPSA) is 75.3 Å². The van der Waals surface area contributed by atoms with E-state index in [1.54, 1.807) is 18.7 Å². The number of hydrogen-bond acceptors (Lipinski definition) is 4. The van der Waals surface area contributed by atoms with Gasteiger partial charge in [0.1, 0.15) is 5.41 Å². The van der Waals surface area contributed by atoms with Crippen LogP contribution in [0.4, 0.5) is 4.79 Å². The summed E-state index contributed by atoms with van der Waals surface area (Å²) < 4.78 is 0. The van der Waals surface area contributed by atoms with E-state index in [9.17, 15) is 14.4 Å². The van der Waals surface area contributed by atoms with Crippen molar-refractivity contribution < 1.29 is 14.4 Å². The minimum atomic E-state index is -1.13. The maximum Gasteiger partial charge on any atom is 0.328 e. The molecule has 7 heteroatoms. The predicted molar refractivity (Wildman–Crippen MR) is 81.6 cm³/mol. The summed E-state index contributed by atoms with van der Waals surface area (Å²) >= 11 is 1.62. The molecule has 1 saturated heterocycles. The Balaban J connectivity index is 0.00000361. The van der Waals surface area contributed by atoms with Gasteiger partial charge in [-0.05, 0) is 18.6 Å². The van der Waals surface area contributed by atoms with E-state index in [0.717, 1.165) is 25.0 Å². The number of hydrogen-bond donors (Lipinski definition) is 2. The molecular weight excluding hydrogens is 287 g/mol. The maximum absolute atomic E-state index is 12.1. The van der Waals surface area contributed by atoms with Crippen LogP contribution in [0.3, 0.4) is 0 Å². The van der Waals surface area contributed by atoms with Gasteiger partial charge in [-0.25, -0.2) is 4.79 Å². The van der Waals surface area contributed by atoms with Gasteiger partial charge in [-0.1, -0.05) is 33.6 Å². The van der Waals surface area contributed by atoms with Gasteiger partial charge in [0.15, 0.2) is 0 Å². The van der Waals surface area contributed by atoms with Gasteiger partial charge in [-0.15, -0.1) is 0 Å². The van der Waals surface area contributed by atoms with E-state index in [0.29, 0.717) is 6.42 Å². The van der Waals surface area contributed by atoms with Gasteiger partial charge in [0.05, 0.1) is 0 Å². The molecule has 1 radical (unpaired) electrons. The third kappa shape index (κ3) is 4.23. The molecule has 1 unspecified atom stereocenters. The number of carbonyl (C=O) groups excluding carboxylic acids is 3. The van der Waals surface area contributed by atoms with Gasteiger partial charge in [0.2, 0.25) is 11.8 Å². The first-order valence-electron chi connectivity index (χ1n) is 6.77. The summed E-state index contributed by atoms with van der Waals surface area (Å²) in [6.07, 6.45) is 3.76. The molecule has 0 aromatic rings. The summed E-state index contributed by atoms with van der Waals surface area (Å²) in [6.45, 7) is 5.82. The number of unbranched alkanes of at least 4 members (excludes halogenated alkanes) is 2. The Morgan fingerprint density at radius 1 is 1.10 bits per heavy atom. The fourth-order valence-corrected chi connectivity index (χ4v) is 3.69. The van der Waals surface area contributed by atoms with E-state index in [1.807, 2.05) is 6.92 Å². The van der Waals surface area contributed by atoms with Crippen molar-refractivity contribution in [2.45, 2.75) is 51.7 Å². The Morgan fingerprint density at radius 3 is 2.10 bits per heavy atom. The molecule has 4 amide bonds. The first-order chi connectivity index (χ1) is 8.98. The molecule has 5 nitrogen and oxygen atoms in total. The smallest absolute Gasteiger partial charge is 0.277 e. The van der Waals surface area contributed by atoms with E-state index in [1.165, 1.54) is 0 Å². The fraction of sp³-hybridized carbons (Fsp3) is 0.769. The third-order valence-corrected chi connectivity index (χ3v) is 5.06. The Kier molecular flexibility index (Phi) is 9.06. The van der Waals surface area contributed by atoms with Gasteiger partial charge in [-0.2, -0.15) is 11.8 Å². The molecule has 0 aromatic carbocycles. The minimum Gasteiger partial charge on any atom is -0.277 e. The van der Waals surface area contributed by atoms with Gasteiger partial charge >= 0.3 is 6.03 Å². The SMILES string of the molecule is CCCCCSC(C)C1(CC)C(=O)NC(=O)NC1=O.[Na]. The normalized spacial score (nSPS) is 18.9. The number of rotatable bonds is 7. The van der Waals surface area contributed by atoms with Crippen molar-refractivity contribution in [3.63, 3.8) is 0 Å². The van der Waals surface area contributed by atoms with Crippen molar-refractivity contribution in [2.75, 3.05) is 5.75 Å². The van der Waals surface area contributed by atoms with Crippen LogP contribution >= 0.6 is 11.8 Å². The predicted octanol–water partition coefficient (Wildman–Crippen LogP) is 1.68. The zero-order valence-electron chi connectivity index (χ0n) is 12.7. The molecule has 0 bridgehead atoms. The first kappa shape index (κ1) is 20.0. The van der Waals surface area contributed by atoms with Crippen LogP contribution in [0.15, 0.2) is 0 Å². The summed E-state index contributed by atoms with van der Waals surface area (Å²) in [5, 5.41) is 4.27. The fourth-order valence-electron chi connectivity index (χ4n) is 2.30. The molecule has 20 heavy (non-hydrogen) atoms. The van der Waals surface area contributed by atoms with Crippen molar-refractivity contribution in [1.82, 2.24) is 10.6 Å². The van der Waals surface area contributed by atoms with Gasteiger partial charge in [0, 0.05) is 34.8 Å². The van der Waals surface area contributed by atoms with Crippen molar-refractivity contribution in [3.05, 3.63) is 0 Å². The standard InChI is InChI=1S/C13H22N2O3S.Na/c1-4-6-7-8-19-9(3)13(5-2)10(16)14-12(18)15-11(13)17;/h9H,4-8H2,1-3H3,(H2,14,15,16,17,18);. The molecule has 1 aliphatic rings. The molecule has 0 spiro atoms. The zero-order chi connectivity index (χ0) is 14.5. The van der Waals surface area contributed by atoms with Crippen LogP contribution in [-0.2, 0) is 9.59 Å². The van der Waals surface area contributed by atoms with Gasteiger partial charge < -0.3 is 0 Å². The quantitative estimate of drug-likeness (QED) is 0.426. The number of barbiturate groups is 1. The van der Waals surface area contributed by atoms with E-state index in [4.69, 9.17) is 0 Å². The van der Waals surface area contributed by atoms with Crippen molar-refractivity contribution in [1.29, 1.82) is 0 Å². The largest absolute Gasteiger partial charge is 0.328 e. The summed E-state index contributed by atoms with van der Waals surface area (Å²) in [5.74, 6) is -0.0240. The molecule has 1 rings (SSSR count). The van der Waals surface area contributed by atoms with Crippen molar-refractivity contribution >= 4 is 59.2 Å². The molecule has 1 fully saturated rings. The third-order valence-electron chi connectivity index (χ3n) is 3.63. The number of imide groups is 2. The maximum atomic E-state index is 12.1. The second-order valence-corrected chi connectivity index (χ2v) is 6.23. The van der Waals surface area contributed by atoms with E-state index < -0.39 is 23.3 Å². The Labute approximate surface area is 146 Å². The second-order valence-electron chi connectivity index (χ2n) is 4.78. The molecule has 1 aliphatic heterocycles. The monoisotopic (exact) mass is 309 g/mol. The average molecular weight is 309 g/mol. The summed E-state index contributed by atoms with van der Waals surface area (Å²) in [6, 6.07) is -0.720. The first-order valence-corrected chi connectivity index (χ1v) is 7.82. The molecule has 1 heterocycles. The van der Waals surface area contributed by atoms with E-state index in [2.05, 4.69) is 17.6 Å². The molecule has 109 valence electrons. The summed E-state index contributed by atoms with van der Waals surface area (Å²) in [7, 11) is 0. The van der Waals surface area contributed by atoms with Crippen LogP contribution in [0.1, 0.15) is 46.5 Å². The Morgan fingerprint density at radius 2 is 1.65 bits per heavy atom. The summed E-state index contributed by atoms with van der Waals surface area (Å²) in [5.41, 5.74) is -1.13. The van der Waals surface area contributed by atoms with Gasteiger partial charge in [-0.3, -0.25) is 20.2 Å². The van der Waals surface area contributed by atoms with Crippen molar-refractivity contribution in [2.24, 2.45) is 5.41 Å². The molecule has 2 N–H and O–H groups in total. The van der Waals surface area contributed by atoms with Crippen molar-refractivity contribution in [3.8, 4) is 0 Å². The minimum absolute atomic E-state index is 0. The van der Waals surface area contributed by atoms with Crippen LogP contribution in [0.5, 0.6) is 0 Å². The Hall–Kier alpha value is -0.0400. The van der Waals surface area contributed by atoms with Crippen LogP contribution < -0.4 is 10.6 Å². The number of urea groups is 1. The zero-order valence-corrected chi connectivity index (χ0v) is 15.6. The van der Waals surface area contributed by atoms with Crippen LogP contribution in [0.25, 0.3) is 0 Å². The van der Waals surface area contributed by atoms with Gasteiger partial charge in [0.25, 0.3) is 0 Å². The summed E-state index contributed by atoms with van der Waals surface area (Å²) in [4.78, 5) is 35.3. The van der Waals surface area contributed by atoms with E-state index in [-0.39, 0.29) is 34.8 Å². The molecular formula is C13H22N2NaO3S. The van der Waals surface area contributed by atoms with Crippen LogP contribution in [-0.4, -0.2) is 58.4 Å². The number of nitrogens with one attached hydrogen (secondary N) is 2. The number of carbonyl (C=O) groups is 3. The average Bonchev–Trinajstić information content (AvgIpc) is 2.34. The molecule has 0 aromatic heterocycles. The Bertz CT molecular complexity index is 357. The van der Waals surface area contributed by atoms with Crippen LogP contribution in [0.2, 0.25) is 0 Å². The molecule has 0 saturated carbocycles. The second kappa shape index (κ2) is 9.07. The van der Waals surface area contributed by atoms with E-state index >= 15 is 0 Å². The van der Waals surface area contributed by atoms with Crippen LogP contribution in [0, 0.1) is 5.41 Å². The number of amides is 4. The number of thioether (sulfide) groups is 1.